The monoisotopic (exact) mass is 370 g/mol. The molecule has 1 saturated heterocycles. The number of carbonyl (C=O) groups excluding carboxylic acids is 2. The van der Waals surface area contributed by atoms with E-state index in [0.717, 1.165) is 31.6 Å². The van der Waals surface area contributed by atoms with E-state index in [1.54, 1.807) is 22.1 Å². The predicted octanol–water partition coefficient (Wildman–Crippen LogP) is 2.65. The van der Waals surface area contributed by atoms with Crippen molar-refractivity contribution in [2.75, 3.05) is 32.1 Å². The quantitative estimate of drug-likeness (QED) is 0.594. The van der Waals surface area contributed by atoms with Crippen LogP contribution in [0.4, 0.5) is 0 Å². The van der Waals surface area contributed by atoms with E-state index in [1.165, 1.54) is 0 Å². The Morgan fingerprint density at radius 1 is 1.32 bits per heavy atom. The van der Waals surface area contributed by atoms with E-state index in [2.05, 4.69) is 0 Å². The van der Waals surface area contributed by atoms with Crippen LogP contribution in [0.1, 0.15) is 38.4 Å². The maximum absolute atomic E-state index is 12.9. The summed E-state index contributed by atoms with van der Waals surface area (Å²) in [4.78, 5) is 28.4. The summed E-state index contributed by atoms with van der Waals surface area (Å²) in [7, 11) is 0. The Kier molecular flexibility index (Phi) is 8.28. The van der Waals surface area contributed by atoms with E-state index in [-0.39, 0.29) is 36.8 Å². The predicted molar refractivity (Wildman–Crippen MR) is 95.3 cm³/mol. The molecule has 2 heterocycles. The molecule has 2 amide bonds. The lowest BCUT2D eigenvalue weighted by atomic mass is 10.2. The number of hydrogen-bond donors (Lipinski definition) is 0. The van der Waals surface area contributed by atoms with Crippen molar-refractivity contribution in [2.24, 2.45) is 0 Å². The van der Waals surface area contributed by atoms with E-state index in [4.69, 9.17) is 20.8 Å². The van der Waals surface area contributed by atoms with Gasteiger partial charge < -0.3 is 19.0 Å². The molecule has 7 heteroatoms. The number of carbonyl (C=O) groups is 2. The maximum atomic E-state index is 12.9. The first-order chi connectivity index (χ1) is 12.1. The van der Waals surface area contributed by atoms with E-state index in [1.807, 2.05) is 13.0 Å². The van der Waals surface area contributed by atoms with Crippen molar-refractivity contribution in [2.45, 2.75) is 45.3 Å². The van der Waals surface area contributed by atoms with E-state index < -0.39 is 0 Å². The largest absolute Gasteiger partial charge is 0.467 e. The molecule has 0 N–H and O–H groups in total. The van der Waals surface area contributed by atoms with Crippen LogP contribution in [0.2, 0.25) is 0 Å². The number of furan rings is 1. The zero-order chi connectivity index (χ0) is 18.1. The Morgan fingerprint density at radius 3 is 2.76 bits per heavy atom. The van der Waals surface area contributed by atoms with Crippen molar-refractivity contribution in [3.05, 3.63) is 24.2 Å². The van der Waals surface area contributed by atoms with E-state index >= 15 is 0 Å². The molecule has 1 aliphatic heterocycles. The molecule has 25 heavy (non-hydrogen) atoms. The molecule has 1 aromatic heterocycles. The number of alkyl halides is 1. The van der Waals surface area contributed by atoms with Gasteiger partial charge in [0, 0.05) is 32.0 Å². The zero-order valence-corrected chi connectivity index (χ0v) is 15.5. The lowest BCUT2D eigenvalue weighted by Gasteiger charge is -2.28. The minimum Gasteiger partial charge on any atom is -0.467 e. The van der Waals surface area contributed by atoms with Crippen LogP contribution in [0, 0.1) is 0 Å². The summed E-state index contributed by atoms with van der Waals surface area (Å²) in [6.07, 6.45) is 4.66. The van der Waals surface area contributed by atoms with Crippen molar-refractivity contribution in [3.8, 4) is 0 Å². The van der Waals surface area contributed by atoms with E-state index in [0.29, 0.717) is 19.6 Å². The number of amides is 2. The number of hydrogen-bond acceptors (Lipinski definition) is 4. The van der Waals surface area contributed by atoms with Crippen LogP contribution in [-0.4, -0.2) is 59.8 Å². The van der Waals surface area contributed by atoms with Crippen LogP contribution < -0.4 is 0 Å². The van der Waals surface area contributed by atoms with Gasteiger partial charge in [-0.25, -0.2) is 0 Å². The second-order valence-corrected chi connectivity index (χ2v) is 6.62. The van der Waals surface area contributed by atoms with Gasteiger partial charge in [0.25, 0.3) is 0 Å². The summed E-state index contributed by atoms with van der Waals surface area (Å²) in [5, 5.41) is 0. The van der Waals surface area contributed by atoms with Gasteiger partial charge in [-0.2, -0.15) is 0 Å². The van der Waals surface area contributed by atoms with Gasteiger partial charge >= 0.3 is 0 Å². The molecule has 0 unspecified atom stereocenters. The molecule has 0 aromatic carbocycles. The molecule has 1 aliphatic rings. The van der Waals surface area contributed by atoms with Crippen LogP contribution in [0.3, 0.4) is 0 Å². The summed E-state index contributed by atoms with van der Waals surface area (Å²) in [5.74, 6) is 0.809. The number of halogens is 1. The van der Waals surface area contributed by atoms with Gasteiger partial charge in [0.15, 0.2) is 0 Å². The Labute approximate surface area is 154 Å². The molecule has 0 saturated carbocycles. The standard InChI is InChI=1S/C18H27ClN2O4/c1-2-9-20(17(22)7-8-19)14-18(23)21(12-15-5-3-10-24-15)13-16-6-4-11-25-16/h3,5,10,16H,2,4,6-9,11-14H2,1H3/t16-/m1/s1. The second-order valence-electron chi connectivity index (χ2n) is 6.24. The van der Waals surface area contributed by atoms with Gasteiger partial charge in [0.2, 0.25) is 11.8 Å². The molecule has 2 rings (SSSR count). The molecular formula is C18H27ClN2O4. The summed E-state index contributed by atoms with van der Waals surface area (Å²) < 4.78 is 11.1. The van der Waals surface area contributed by atoms with Gasteiger partial charge in [-0.3, -0.25) is 9.59 Å². The van der Waals surface area contributed by atoms with Crippen LogP contribution in [0.25, 0.3) is 0 Å². The fraction of sp³-hybridized carbons (Fsp3) is 0.667. The molecule has 140 valence electrons. The minimum atomic E-state index is -0.0942. The molecule has 0 radical (unpaired) electrons. The first-order valence-corrected chi connectivity index (χ1v) is 9.43. The van der Waals surface area contributed by atoms with Crippen LogP contribution >= 0.6 is 11.6 Å². The smallest absolute Gasteiger partial charge is 0.242 e. The van der Waals surface area contributed by atoms with Crippen molar-refractivity contribution in [1.29, 1.82) is 0 Å². The van der Waals surface area contributed by atoms with Crippen LogP contribution in [0.15, 0.2) is 22.8 Å². The second kappa shape index (κ2) is 10.5. The summed E-state index contributed by atoms with van der Waals surface area (Å²) in [5.41, 5.74) is 0. The highest BCUT2D eigenvalue weighted by atomic mass is 35.5. The average Bonchev–Trinajstić information content (AvgIpc) is 3.28. The molecule has 0 spiro atoms. The molecular weight excluding hydrogens is 344 g/mol. The highest BCUT2D eigenvalue weighted by Crippen LogP contribution is 2.16. The fourth-order valence-electron chi connectivity index (χ4n) is 2.94. The van der Waals surface area contributed by atoms with Gasteiger partial charge in [-0.15, -0.1) is 11.6 Å². The van der Waals surface area contributed by atoms with Crippen molar-refractivity contribution in [3.63, 3.8) is 0 Å². The van der Waals surface area contributed by atoms with Crippen LogP contribution in [-0.2, 0) is 20.9 Å². The van der Waals surface area contributed by atoms with Crippen molar-refractivity contribution in [1.82, 2.24) is 9.80 Å². The Bertz CT molecular complexity index is 529. The molecule has 1 aromatic rings. The molecule has 1 atom stereocenters. The van der Waals surface area contributed by atoms with Gasteiger partial charge in [-0.1, -0.05) is 6.92 Å². The third-order valence-electron chi connectivity index (χ3n) is 4.21. The molecule has 0 aliphatic carbocycles. The van der Waals surface area contributed by atoms with Gasteiger partial charge in [0.1, 0.15) is 5.76 Å². The summed E-state index contributed by atoms with van der Waals surface area (Å²) in [6, 6.07) is 3.65. The van der Waals surface area contributed by atoms with Crippen molar-refractivity contribution < 1.29 is 18.7 Å². The maximum Gasteiger partial charge on any atom is 0.242 e. The first-order valence-electron chi connectivity index (χ1n) is 8.89. The summed E-state index contributed by atoms with van der Waals surface area (Å²) in [6.45, 7) is 4.24. The average molecular weight is 371 g/mol. The van der Waals surface area contributed by atoms with Crippen molar-refractivity contribution >= 4 is 23.4 Å². The number of rotatable bonds is 10. The van der Waals surface area contributed by atoms with Crippen LogP contribution in [0.5, 0.6) is 0 Å². The minimum absolute atomic E-state index is 0.0529. The molecule has 0 bridgehead atoms. The fourth-order valence-corrected chi connectivity index (χ4v) is 3.11. The Morgan fingerprint density at radius 2 is 2.16 bits per heavy atom. The molecule has 6 nitrogen and oxygen atoms in total. The normalized spacial score (nSPS) is 16.8. The first kappa shape index (κ1) is 19.8. The van der Waals surface area contributed by atoms with Gasteiger partial charge in [-0.05, 0) is 31.4 Å². The SMILES string of the molecule is CCCN(CC(=O)N(Cc1ccco1)C[C@H]1CCCO1)C(=O)CCCl. The highest BCUT2D eigenvalue weighted by molar-refractivity contribution is 6.18. The lowest BCUT2D eigenvalue weighted by molar-refractivity contribution is -0.141. The summed E-state index contributed by atoms with van der Waals surface area (Å²) >= 11 is 5.68. The highest BCUT2D eigenvalue weighted by Gasteiger charge is 2.25. The third-order valence-corrected chi connectivity index (χ3v) is 4.40. The lowest BCUT2D eigenvalue weighted by Crippen LogP contribution is -2.45. The Hall–Kier alpha value is -1.53. The third kappa shape index (κ3) is 6.36. The topological polar surface area (TPSA) is 63.0 Å². The number of ether oxygens (including phenoxy) is 1. The number of nitrogens with zero attached hydrogens (tertiary/aromatic N) is 2. The van der Waals surface area contributed by atoms with E-state index in [9.17, 15) is 9.59 Å². The molecule has 1 fully saturated rings. The Balaban J connectivity index is 2.02. The van der Waals surface area contributed by atoms with Gasteiger partial charge in [0.05, 0.1) is 25.5 Å². The zero-order valence-electron chi connectivity index (χ0n) is 14.8.